The Balaban J connectivity index is 1.66. The van der Waals surface area contributed by atoms with E-state index in [0.29, 0.717) is 22.9 Å². The topological polar surface area (TPSA) is 9.23 Å². The maximum Gasteiger partial charge on any atom is 0.126 e. The highest BCUT2D eigenvalue weighted by atomic mass is 28.3. The van der Waals surface area contributed by atoms with E-state index in [1.807, 2.05) is 7.11 Å². The minimum absolute atomic E-state index is 0.0204. The maximum absolute atomic E-state index is 6.23. The molecule has 2 aromatic rings. The van der Waals surface area contributed by atoms with E-state index in [-0.39, 0.29) is 10.8 Å². The zero-order chi connectivity index (χ0) is 32.3. The quantitative estimate of drug-likeness (QED) is 0.315. The monoisotopic (exact) mass is 606 g/mol. The van der Waals surface area contributed by atoms with Crippen LogP contribution in [-0.4, -0.2) is 15.2 Å². The standard InChI is InChI=1S/C42H58OSi/c1-23-19-32-33(39(23)44(13,14)40-26(4)24(2)25(3)27(40)5)22-31-28-15-17-29(18-16-28)36(31)37(32)30-20-34(41(6,7)8)38(43-12)35(21-30)42(9,10)11/h19-22,28-29,39-40H,15-18H2,1-14H3. The van der Waals surface area contributed by atoms with Gasteiger partial charge in [0, 0.05) is 16.7 Å². The van der Waals surface area contributed by atoms with Crippen LogP contribution in [0.2, 0.25) is 18.6 Å². The largest absolute Gasteiger partial charge is 0.496 e. The molecule has 5 aliphatic carbocycles. The lowest BCUT2D eigenvalue weighted by Gasteiger charge is -2.43. The molecule has 2 heteroatoms. The van der Waals surface area contributed by atoms with Gasteiger partial charge in [-0.15, -0.1) is 0 Å². The van der Waals surface area contributed by atoms with E-state index in [0.717, 1.165) is 5.75 Å². The lowest BCUT2D eigenvalue weighted by Crippen LogP contribution is -2.41. The zero-order valence-electron chi connectivity index (χ0n) is 30.4. The summed E-state index contributed by atoms with van der Waals surface area (Å²) in [5, 5.41) is 0. The summed E-state index contributed by atoms with van der Waals surface area (Å²) < 4.78 is 6.23. The van der Waals surface area contributed by atoms with Crippen molar-refractivity contribution in [1.82, 2.24) is 0 Å². The van der Waals surface area contributed by atoms with Crippen LogP contribution in [0.25, 0.3) is 17.2 Å². The fraction of sp³-hybridized carbons (Fsp3) is 0.571. The van der Waals surface area contributed by atoms with Gasteiger partial charge < -0.3 is 4.74 Å². The normalized spacial score (nSPS) is 23.9. The van der Waals surface area contributed by atoms with Crippen molar-refractivity contribution in [2.45, 2.75) is 149 Å². The van der Waals surface area contributed by atoms with Gasteiger partial charge in [0.15, 0.2) is 0 Å². The maximum atomic E-state index is 6.23. The van der Waals surface area contributed by atoms with Crippen LogP contribution < -0.4 is 4.74 Å². The lowest BCUT2D eigenvalue weighted by molar-refractivity contribution is 0.359. The van der Waals surface area contributed by atoms with Gasteiger partial charge in [0.25, 0.3) is 0 Å². The molecule has 0 spiro atoms. The van der Waals surface area contributed by atoms with Crippen molar-refractivity contribution in [2.24, 2.45) is 0 Å². The summed E-state index contributed by atoms with van der Waals surface area (Å²) in [6, 6.07) is 7.80. The highest BCUT2D eigenvalue weighted by Gasteiger charge is 2.49. The minimum atomic E-state index is -1.85. The first kappa shape index (κ1) is 31.7. The van der Waals surface area contributed by atoms with E-state index in [2.05, 4.69) is 114 Å². The summed E-state index contributed by atoms with van der Waals surface area (Å²) >= 11 is 0. The third-order valence-corrected chi connectivity index (χ3v) is 17.1. The van der Waals surface area contributed by atoms with Crippen LogP contribution >= 0.6 is 0 Å². The van der Waals surface area contributed by atoms with E-state index >= 15 is 0 Å². The van der Waals surface area contributed by atoms with Crippen LogP contribution in [0.5, 0.6) is 5.75 Å². The number of benzene rings is 2. The molecule has 0 amide bonds. The van der Waals surface area contributed by atoms with Crippen molar-refractivity contribution in [1.29, 1.82) is 0 Å². The summed E-state index contributed by atoms with van der Waals surface area (Å²) in [6.07, 6.45) is 8.05. The Kier molecular flexibility index (Phi) is 7.44. The predicted octanol–water partition coefficient (Wildman–Crippen LogP) is 12.5. The van der Waals surface area contributed by atoms with Crippen molar-refractivity contribution in [3.05, 3.63) is 79.4 Å². The summed E-state index contributed by atoms with van der Waals surface area (Å²) in [5.41, 5.74) is 21.3. The Labute approximate surface area is 270 Å². The van der Waals surface area contributed by atoms with E-state index in [4.69, 9.17) is 4.74 Å². The Morgan fingerprint density at radius 3 is 1.66 bits per heavy atom. The molecule has 7 rings (SSSR count). The van der Waals surface area contributed by atoms with Gasteiger partial charge in [0.2, 0.25) is 0 Å². The molecule has 1 atom stereocenters. The number of allylic oxidation sites excluding steroid dienone is 5. The van der Waals surface area contributed by atoms with E-state index in [9.17, 15) is 0 Å². The molecule has 2 aromatic carbocycles. The van der Waals surface area contributed by atoms with Gasteiger partial charge >= 0.3 is 0 Å². The molecular formula is C42H58OSi. The first-order chi connectivity index (χ1) is 20.4. The Morgan fingerprint density at radius 1 is 0.682 bits per heavy atom. The molecule has 5 aliphatic rings. The molecule has 0 saturated heterocycles. The van der Waals surface area contributed by atoms with E-state index < -0.39 is 8.07 Å². The average molecular weight is 607 g/mol. The minimum Gasteiger partial charge on any atom is -0.496 e. The molecule has 44 heavy (non-hydrogen) atoms. The summed E-state index contributed by atoms with van der Waals surface area (Å²) in [7, 11) is 0.0125. The molecule has 0 aromatic heterocycles. The SMILES string of the molecule is COc1c(C(C)(C)C)cc(-c2c3c(cc4c2C2CCC4CC2)C([Si](C)(C)C2C(C)=C(C)C(C)=C2C)C(C)=C3)cc1C(C)(C)C. The van der Waals surface area contributed by atoms with Gasteiger partial charge in [-0.05, 0) is 145 Å². The second-order valence-corrected chi connectivity index (χ2v) is 22.4. The second-order valence-electron chi connectivity index (χ2n) is 17.6. The van der Waals surface area contributed by atoms with Crippen LogP contribution in [0.1, 0.15) is 153 Å². The third-order valence-electron chi connectivity index (χ3n) is 12.5. The highest BCUT2D eigenvalue weighted by Crippen LogP contribution is 2.60. The molecule has 0 radical (unpaired) electrons. The van der Waals surface area contributed by atoms with Crippen molar-refractivity contribution >= 4 is 14.1 Å². The van der Waals surface area contributed by atoms with Crippen LogP contribution in [0, 0.1) is 0 Å². The van der Waals surface area contributed by atoms with Crippen molar-refractivity contribution < 1.29 is 4.74 Å². The molecule has 1 unspecified atom stereocenters. The molecule has 236 valence electrons. The van der Waals surface area contributed by atoms with Crippen LogP contribution in [-0.2, 0) is 10.8 Å². The molecule has 0 N–H and O–H groups in total. The molecule has 0 aliphatic heterocycles. The second kappa shape index (κ2) is 10.3. The van der Waals surface area contributed by atoms with Crippen molar-refractivity contribution in [3.63, 3.8) is 0 Å². The fourth-order valence-electron chi connectivity index (χ4n) is 10.2. The molecule has 1 fully saturated rings. The van der Waals surface area contributed by atoms with Gasteiger partial charge in [-0.3, -0.25) is 0 Å². The molecule has 2 bridgehead atoms. The average Bonchev–Trinajstić information content (AvgIpc) is 3.38. The Bertz CT molecular complexity index is 1580. The van der Waals surface area contributed by atoms with Crippen LogP contribution in [0.3, 0.4) is 0 Å². The fourth-order valence-corrected chi connectivity index (χ4v) is 15.5. The third kappa shape index (κ3) is 4.59. The van der Waals surface area contributed by atoms with E-state index in [1.165, 1.54) is 42.4 Å². The lowest BCUT2D eigenvalue weighted by atomic mass is 9.64. The predicted molar refractivity (Wildman–Crippen MR) is 194 cm³/mol. The molecule has 1 saturated carbocycles. The number of fused-ring (bicyclic) bond motifs is 3. The van der Waals surface area contributed by atoms with Gasteiger partial charge in [-0.1, -0.05) is 83.5 Å². The van der Waals surface area contributed by atoms with Crippen LogP contribution in [0.4, 0.5) is 0 Å². The van der Waals surface area contributed by atoms with E-state index in [1.54, 1.807) is 55.7 Å². The number of hydrogen-bond acceptors (Lipinski definition) is 1. The molecule has 1 nitrogen and oxygen atoms in total. The van der Waals surface area contributed by atoms with Gasteiger partial charge in [0.05, 0.1) is 15.2 Å². The van der Waals surface area contributed by atoms with Crippen LogP contribution in [0.15, 0.2) is 46.1 Å². The Hall–Kier alpha value is -2.32. The first-order valence-corrected chi connectivity index (χ1v) is 20.5. The highest BCUT2D eigenvalue weighted by molar-refractivity contribution is 6.82. The summed E-state index contributed by atoms with van der Waals surface area (Å²) in [4.78, 5) is 0. The van der Waals surface area contributed by atoms with Crippen molar-refractivity contribution in [2.75, 3.05) is 7.11 Å². The smallest absolute Gasteiger partial charge is 0.126 e. The van der Waals surface area contributed by atoms with Crippen molar-refractivity contribution in [3.8, 4) is 16.9 Å². The summed E-state index contributed by atoms with van der Waals surface area (Å²) in [6.45, 7) is 31.5. The van der Waals surface area contributed by atoms with Gasteiger partial charge in [-0.2, -0.15) is 0 Å². The number of rotatable bonds is 4. The molecule has 0 heterocycles. The zero-order valence-corrected chi connectivity index (χ0v) is 31.4. The number of hydrogen-bond donors (Lipinski definition) is 0. The summed E-state index contributed by atoms with van der Waals surface area (Å²) in [5.74, 6) is 2.47. The number of methoxy groups -OCH3 is 1. The van der Waals surface area contributed by atoms with Gasteiger partial charge in [0.1, 0.15) is 5.75 Å². The van der Waals surface area contributed by atoms with Gasteiger partial charge in [-0.25, -0.2) is 0 Å². The Morgan fingerprint density at radius 2 is 1.18 bits per heavy atom. The molecular weight excluding hydrogens is 549 g/mol. The first-order valence-electron chi connectivity index (χ1n) is 17.4. The number of ether oxygens (including phenoxy) is 1.